The average Bonchev–Trinajstić information content (AvgIpc) is 3.55. The number of ether oxygens (including phenoxy) is 2. The third-order valence-corrected chi connectivity index (χ3v) is 6.67. The number of hydrogen-bond acceptors (Lipinski definition) is 6. The summed E-state index contributed by atoms with van der Waals surface area (Å²) >= 11 is 0. The third kappa shape index (κ3) is 4.53. The maximum atomic E-state index is 13.3. The maximum Gasteiger partial charge on any atom is 0.228 e. The Balaban J connectivity index is 1.22. The molecule has 2 saturated heterocycles. The number of carbonyl (C=O) groups excluding carboxylic acids is 2. The van der Waals surface area contributed by atoms with E-state index in [0.717, 1.165) is 23.1 Å². The number of aromatic nitrogens is 2. The van der Waals surface area contributed by atoms with Crippen molar-refractivity contribution in [2.75, 3.05) is 56.7 Å². The summed E-state index contributed by atoms with van der Waals surface area (Å²) in [7, 11) is 3.25. The molecular formula is C26H29N5O4. The number of benzene rings is 2. The smallest absolute Gasteiger partial charge is 0.228 e. The summed E-state index contributed by atoms with van der Waals surface area (Å²) in [5.41, 5.74) is 1.73. The predicted octanol–water partition coefficient (Wildman–Crippen LogP) is 2.59. The lowest BCUT2D eigenvalue weighted by atomic mass is 10.1. The van der Waals surface area contributed by atoms with Crippen molar-refractivity contribution in [1.29, 1.82) is 0 Å². The molecule has 2 aromatic carbocycles. The molecule has 2 aliphatic rings. The molecule has 0 bridgehead atoms. The highest BCUT2D eigenvalue weighted by Gasteiger charge is 2.38. The molecule has 2 amide bonds. The topological polar surface area (TPSA) is 80.1 Å². The van der Waals surface area contributed by atoms with Crippen LogP contribution in [0, 0.1) is 5.92 Å². The Hall–Kier alpha value is -4.01. The molecule has 1 aromatic heterocycles. The molecule has 3 aromatic rings. The molecule has 1 atom stereocenters. The second-order valence-electron chi connectivity index (χ2n) is 8.72. The van der Waals surface area contributed by atoms with Crippen LogP contribution in [-0.2, 0) is 9.59 Å². The molecule has 1 unspecified atom stereocenters. The quantitative estimate of drug-likeness (QED) is 0.545. The first-order valence-corrected chi connectivity index (χ1v) is 11.7. The van der Waals surface area contributed by atoms with Gasteiger partial charge in [-0.3, -0.25) is 14.2 Å². The molecule has 9 heteroatoms. The van der Waals surface area contributed by atoms with Crippen LogP contribution in [0.25, 0.3) is 5.69 Å². The van der Waals surface area contributed by atoms with Gasteiger partial charge in [0.15, 0.2) is 0 Å². The van der Waals surface area contributed by atoms with E-state index < -0.39 is 0 Å². The fourth-order valence-electron chi connectivity index (χ4n) is 4.78. The first-order chi connectivity index (χ1) is 17.1. The van der Waals surface area contributed by atoms with Gasteiger partial charge in [0.1, 0.15) is 11.5 Å². The van der Waals surface area contributed by atoms with Gasteiger partial charge in [-0.1, -0.05) is 12.1 Å². The van der Waals surface area contributed by atoms with E-state index in [1.54, 1.807) is 25.3 Å². The van der Waals surface area contributed by atoms with E-state index in [1.807, 2.05) is 64.2 Å². The number of imidazole rings is 1. The fraction of sp³-hybridized carbons (Fsp3) is 0.346. The van der Waals surface area contributed by atoms with E-state index in [-0.39, 0.29) is 24.2 Å². The Labute approximate surface area is 204 Å². The second kappa shape index (κ2) is 9.69. The van der Waals surface area contributed by atoms with Crippen molar-refractivity contribution in [2.45, 2.75) is 6.42 Å². The van der Waals surface area contributed by atoms with Crippen LogP contribution in [-0.4, -0.2) is 73.2 Å². The van der Waals surface area contributed by atoms with Crippen LogP contribution < -0.4 is 19.3 Å². The van der Waals surface area contributed by atoms with Gasteiger partial charge in [0.25, 0.3) is 0 Å². The molecule has 0 spiro atoms. The van der Waals surface area contributed by atoms with E-state index in [0.29, 0.717) is 38.5 Å². The summed E-state index contributed by atoms with van der Waals surface area (Å²) in [4.78, 5) is 36.3. The zero-order valence-corrected chi connectivity index (χ0v) is 20.0. The number of amides is 2. The molecule has 9 nitrogen and oxygen atoms in total. The van der Waals surface area contributed by atoms with Gasteiger partial charge < -0.3 is 24.2 Å². The summed E-state index contributed by atoms with van der Waals surface area (Å²) in [5.74, 6) is 1.99. The minimum atomic E-state index is -0.334. The standard InChI is InChI=1S/C26H29N5O4/c1-34-22-7-3-5-20(16-22)30-10-9-27-26(30)29-13-11-28(12-14-29)25(33)19-15-24(32)31(18-19)21-6-4-8-23(17-21)35-2/h3-10,16-17,19H,11-15,18H2,1-2H3. The molecule has 0 aliphatic carbocycles. The highest BCUT2D eigenvalue weighted by molar-refractivity contribution is 6.00. The summed E-state index contributed by atoms with van der Waals surface area (Å²) < 4.78 is 12.7. The zero-order valence-electron chi connectivity index (χ0n) is 20.0. The van der Waals surface area contributed by atoms with Crippen LogP contribution in [0.2, 0.25) is 0 Å². The number of rotatable bonds is 6. The van der Waals surface area contributed by atoms with E-state index in [4.69, 9.17) is 9.47 Å². The van der Waals surface area contributed by atoms with E-state index in [9.17, 15) is 9.59 Å². The Bertz CT molecular complexity index is 1220. The highest BCUT2D eigenvalue weighted by atomic mass is 16.5. The lowest BCUT2D eigenvalue weighted by molar-refractivity contribution is -0.136. The summed E-state index contributed by atoms with van der Waals surface area (Å²) in [6.07, 6.45) is 3.94. The molecule has 0 saturated carbocycles. The molecular weight excluding hydrogens is 446 g/mol. The number of hydrogen-bond donors (Lipinski definition) is 0. The van der Waals surface area contributed by atoms with E-state index in [2.05, 4.69) is 9.88 Å². The first-order valence-electron chi connectivity index (χ1n) is 11.7. The third-order valence-electron chi connectivity index (χ3n) is 6.67. The molecule has 182 valence electrons. The van der Waals surface area contributed by atoms with Gasteiger partial charge in [0, 0.05) is 69.4 Å². The predicted molar refractivity (Wildman–Crippen MR) is 132 cm³/mol. The van der Waals surface area contributed by atoms with Gasteiger partial charge in [-0.05, 0) is 24.3 Å². The van der Waals surface area contributed by atoms with E-state index >= 15 is 0 Å². The number of methoxy groups -OCH3 is 2. The minimum absolute atomic E-state index is 0.0319. The highest BCUT2D eigenvalue weighted by Crippen LogP contribution is 2.29. The van der Waals surface area contributed by atoms with Gasteiger partial charge in [0.05, 0.1) is 25.8 Å². The van der Waals surface area contributed by atoms with Crippen LogP contribution in [0.15, 0.2) is 60.9 Å². The lowest BCUT2D eigenvalue weighted by Crippen LogP contribution is -2.51. The molecule has 0 N–H and O–H groups in total. The first kappa shape index (κ1) is 22.8. The molecule has 3 heterocycles. The normalized spacial score (nSPS) is 18.2. The Morgan fingerprint density at radius 3 is 2.29 bits per heavy atom. The number of anilines is 2. The largest absolute Gasteiger partial charge is 0.497 e. The SMILES string of the molecule is COc1cccc(N2CC(C(=O)N3CCN(c4nccn4-c4cccc(OC)c4)CC3)CC2=O)c1. The Morgan fingerprint density at radius 2 is 1.60 bits per heavy atom. The van der Waals surface area contributed by atoms with Gasteiger partial charge in [-0.2, -0.15) is 0 Å². The van der Waals surface area contributed by atoms with Crippen molar-refractivity contribution in [3.05, 3.63) is 60.9 Å². The van der Waals surface area contributed by atoms with Crippen molar-refractivity contribution >= 4 is 23.5 Å². The van der Waals surface area contributed by atoms with Crippen LogP contribution >= 0.6 is 0 Å². The zero-order chi connectivity index (χ0) is 24.4. The molecule has 5 rings (SSSR count). The maximum absolute atomic E-state index is 13.3. The fourth-order valence-corrected chi connectivity index (χ4v) is 4.78. The molecule has 2 aliphatic heterocycles. The Kier molecular flexibility index (Phi) is 6.31. The van der Waals surface area contributed by atoms with Crippen molar-refractivity contribution in [3.63, 3.8) is 0 Å². The molecule has 0 radical (unpaired) electrons. The number of nitrogens with zero attached hydrogens (tertiary/aromatic N) is 5. The summed E-state index contributed by atoms with van der Waals surface area (Å²) in [6, 6.07) is 15.2. The van der Waals surface area contributed by atoms with Gasteiger partial charge in [-0.25, -0.2) is 4.98 Å². The van der Waals surface area contributed by atoms with Crippen molar-refractivity contribution in [3.8, 4) is 17.2 Å². The summed E-state index contributed by atoms with van der Waals surface area (Å²) in [5, 5.41) is 0. The van der Waals surface area contributed by atoms with Crippen LogP contribution in [0.5, 0.6) is 11.5 Å². The van der Waals surface area contributed by atoms with Gasteiger partial charge in [-0.15, -0.1) is 0 Å². The number of carbonyl (C=O) groups is 2. The van der Waals surface area contributed by atoms with Crippen molar-refractivity contribution < 1.29 is 19.1 Å². The average molecular weight is 476 g/mol. The van der Waals surface area contributed by atoms with Crippen LogP contribution in [0.3, 0.4) is 0 Å². The molecule has 2 fully saturated rings. The van der Waals surface area contributed by atoms with Crippen LogP contribution in [0.4, 0.5) is 11.6 Å². The summed E-state index contributed by atoms with van der Waals surface area (Å²) in [6.45, 7) is 2.92. The van der Waals surface area contributed by atoms with Crippen molar-refractivity contribution in [1.82, 2.24) is 14.5 Å². The van der Waals surface area contributed by atoms with E-state index in [1.165, 1.54) is 0 Å². The lowest BCUT2D eigenvalue weighted by Gasteiger charge is -2.36. The second-order valence-corrected chi connectivity index (χ2v) is 8.72. The van der Waals surface area contributed by atoms with Gasteiger partial charge in [0.2, 0.25) is 17.8 Å². The van der Waals surface area contributed by atoms with Crippen molar-refractivity contribution in [2.24, 2.45) is 5.92 Å². The number of piperazine rings is 1. The minimum Gasteiger partial charge on any atom is -0.497 e. The molecule has 35 heavy (non-hydrogen) atoms. The monoisotopic (exact) mass is 475 g/mol. The van der Waals surface area contributed by atoms with Gasteiger partial charge >= 0.3 is 0 Å². The van der Waals surface area contributed by atoms with Crippen LogP contribution in [0.1, 0.15) is 6.42 Å². The Morgan fingerprint density at radius 1 is 0.943 bits per heavy atom.